The van der Waals surface area contributed by atoms with Crippen LogP contribution in [0, 0.1) is 0 Å². The van der Waals surface area contributed by atoms with Crippen LogP contribution < -0.4 is 11.5 Å². The summed E-state index contributed by atoms with van der Waals surface area (Å²) in [6.07, 6.45) is 1.53. The summed E-state index contributed by atoms with van der Waals surface area (Å²) in [7, 11) is 0. The highest BCUT2D eigenvalue weighted by atomic mass is 16.5. The quantitative estimate of drug-likeness (QED) is 0.818. The predicted octanol–water partition coefficient (Wildman–Crippen LogP) is 0.438. The second kappa shape index (κ2) is 6.83. The van der Waals surface area contributed by atoms with Gasteiger partial charge in [-0.3, -0.25) is 4.79 Å². The Morgan fingerprint density at radius 2 is 2.00 bits per heavy atom. The molecule has 5 nitrogen and oxygen atoms in total. The van der Waals surface area contributed by atoms with Crippen LogP contribution in [0.5, 0.6) is 0 Å². The molecule has 1 aliphatic heterocycles. The van der Waals surface area contributed by atoms with Crippen LogP contribution in [0.3, 0.4) is 0 Å². The number of hydrogen-bond donors (Lipinski definition) is 2. The number of ether oxygens (including phenoxy) is 1. The van der Waals surface area contributed by atoms with Crippen LogP contribution in [0.2, 0.25) is 0 Å². The molecule has 1 unspecified atom stereocenters. The Bertz CT molecular complexity index is 430. The fourth-order valence-electron chi connectivity index (χ4n) is 2.50. The highest BCUT2D eigenvalue weighted by Gasteiger charge is 2.34. The van der Waals surface area contributed by atoms with Gasteiger partial charge in [0.05, 0.1) is 6.61 Å². The number of rotatable bonds is 5. The molecule has 1 amide bonds. The highest BCUT2D eigenvalue weighted by molar-refractivity contribution is 5.85. The fourth-order valence-corrected chi connectivity index (χ4v) is 2.50. The van der Waals surface area contributed by atoms with Gasteiger partial charge in [0.2, 0.25) is 5.91 Å². The standard InChI is InChI=1S/C15H23N3O2/c16-14(19)15(17,13-5-2-1-3-6-13)7-9-18-8-4-11-20-12-10-18/h1-3,5-6H,4,7-12,17H2,(H2,16,19). The molecule has 1 heterocycles. The minimum atomic E-state index is -1.10. The lowest BCUT2D eigenvalue weighted by molar-refractivity contribution is -0.123. The van der Waals surface area contributed by atoms with Gasteiger partial charge >= 0.3 is 0 Å². The van der Waals surface area contributed by atoms with E-state index in [1.54, 1.807) is 0 Å². The SMILES string of the molecule is NC(=O)C(N)(CCN1CCCOCC1)c1ccccc1. The van der Waals surface area contributed by atoms with Crippen molar-refractivity contribution in [2.24, 2.45) is 11.5 Å². The van der Waals surface area contributed by atoms with Crippen LogP contribution in [-0.4, -0.2) is 43.7 Å². The molecule has 0 aromatic heterocycles. The van der Waals surface area contributed by atoms with Gasteiger partial charge in [-0.05, 0) is 18.4 Å². The first-order chi connectivity index (χ1) is 9.63. The van der Waals surface area contributed by atoms with Crippen molar-refractivity contribution >= 4 is 5.91 Å². The molecule has 0 saturated carbocycles. The molecule has 1 aromatic rings. The number of nitrogens with zero attached hydrogens (tertiary/aromatic N) is 1. The zero-order chi connectivity index (χ0) is 14.4. The smallest absolute Gasteiger partial charge is 0.242 e. The Morgan fingerprint density at radius 1 is 1.25 bits per heavy atom. The van der Waals surface area contributed by atoms with E-state index in [1.807, 2.05) is 30.3 Å². The maximum Gasteiger partial charge on any atom is 0.242 e. The molecule has 1 aromatic carbocycles. The number of hydrogen-bond acceptors (Lipinski definition) is 4. The van der Waals surface area contributed by atoms with Crippen LogP contribution >= 0.6 is 0 Å². The zero-order valence-corrected chi connectivity index (χ0v) is 11.8. The molecule has 0 bridgehead atoms. The van der Waals surface area contributed by atoms with E-state index in [0.29, 0.717) is 6.42 Å². The second-order valence-electron chi connectivity index (χ2n) is 5.26. The third-order valence-corrected chi connectivity index (χ3v) is 3.87. The number of carbonyl (C=O) groups is 1. The molecular weight excluding hydrogens is 254 g/mol. The lowest BCUT2D eigenvalue weighted by atomic mass is 9.86. The van der Waals surface area contributed by atoms with Crippen molar-refractivity contribution in [1.82, 2.24) is 4.90 Å². The van der Waals surface area contributed by atoms with Crippen LogP contribution in [0.25, 0.3) is 0 Å². The molecule has 110 valence electrons. The summed E-state index contributed by atoms with van der Waals surface area (Å²) >= 11 is 0. The van der Waals surface area contributed by atoms with Crippen molar-refractivity contribution in [3.8, 4) is 0 Å². The summed E-state index contributed by atoms with van der Waals surface area (Å²) in [5.41, 5.74) is 11.5. The fraction of sp³-hybridized carbons (Fsp3) is 0.533. The third-order valence-electron chi connectivity index (χ3n) is 3.87. The average Bonchev–Trinajstić information content (AvgIpc) is 2.74. The molecule has 1 atom stereocenters. The monoisotopic (exact) mass is 277 g/mol. The van der Waals surface area contributed by atoms with Gasteiger partial charge in [0.1, 0.15) is 5.54 Å². The van der Waals surface area contributed by atoms with Gasteiger partial charge in [-0.25, -0.2) is 0 Å². The van der Waals surface area contributed by atoms with Crippen molar-refractivity contribution < 1.29 is 9.53 Å². The summed E-state index contributed by atoms with van der Waals surface area (Å²) in [5.74, 6) is -0.477. The van der Waals surface area contributed by atoms with Gasteiger partial charge in [-0.15, -0.1) is 0 Å². The minimum Gasteiger partial charge on any atom is -0.380 e. The van der Waals surface area contributed by atoms with Crippen molar-refractivity contribution in [3.63, 3.8) is 0 Å². The third kappa shape index (κ3) is 3.56. The highest BCUT2D eigenvalue weighted by Crippen LogP contribution is 2.22. The Balaban J connectivity index is 2.04. The van der Waals surface area contributed by atoms with E-state index in [-0.39, 0.29) is 0 Å². The van der Waals surface area contributed by atoms with Crippen LogP contribution in [0.15, 0.2) is 30.3 Å². The van der Waals surface area contributed by atoms with E-state index in [0.717, 1.165) is 44.8 Å². The van der Waals surface area contributed by atoms with Crippen LogP contribution in [0.4, 0.5) is 0 Å². The Labute approximate surface area is 119 Å². The Hall–Kier alpha value is -1.43. The normalized spacial score (nSPS) is 20.1. The number of primary amides is 1. The van der Waals surface area contributed by atoms with E-state index in [4.69, 9.17) is 16.2 Å². The Kier molecular flexibility index (Phi) is 5.11. The first-order valence-electron chi connectivity index (χ1n) is 7.07. The van der Waals surface area contributed by atoms with Crippen LogP contribution in [-0.2, 0) is 15.1 Å². The molecule has 2 rings (SSSR count). The summed E-state index contributed by atoms with van der Waals surface area (Å²) in [4.78, 5) is 14.1. The average molecular weight is 277 g/mol. The minimum absolute atomic E-state index is 0.477. The maximum atomic E-state index is 11.8. The summed E-state index contributed by atoms with van der Waals surface area (Å²) in [6.45, 7) is 4.14. The lowest BCUT2D eigenvalue weighted by Gasteiger charge is -2.29. The van der Waals surface area contributed by atoms with Gasteiger partial charge in [0.25, 0.3) is 0 Å². The van der Waals surface area contributed by atoms with Crippen LogP contribution in [0.1, 0.15) is 18.4 Å². The first kappa shape index (κ1) is 15.0. The van der Waals surface area contributed by atoms with E-state index in [2.05, 4.69) is 4.90 Å². The molecule has 0 radical (unpaired) electrons. The molecule has 4 N–H and O–H groups in total. The molecule has 20 heavy (non-hydrogen) atoms. The van der Waals surface area contributed by atoms with Crippen molar-refractivity contribution in [3.05, 3.63) is 35.9 Å². The summed E-state index contributed by atoms with van der Waals surface area (Å²) in [6, 6.07) is 9.36. The molecule has 1 saturated heterocycles. The topological polar surface area (TPSA) is 81.6 Å². The molecule has 0 spiro atoms. The van der Waals surface area contributed by atoms with Crippen molar-refractivity contribution in [2.75, 3.05) is 32.8 Å². The predicted molar refractivity (Wildman–Crippen MR) is 78.0 cm³/mol. The van der Waals surface area contributed by atoms with Gasteiger partial charge < -0.3 is 21.1 Å². The number of carbonyl (C=O) groups excluding carboxylic acids is 1. The summed E-state index contributed by atoms with van der Waals surface area (Å²) < 4.78 is 5.42. The van der Waals surface area contributed by atoms with Gasteiger partial charge in [-0.2, -0.15) is 0 Å². The number of nitrogens with two attached hydrogens (primary N) is 2. The van der Waals surface area contributed by atoms with E-state index in [1.165, 1.54) is 0 Å². The lowest BCUT2D eigenvalue weighted by Crippen LogP contribution is -2.51. The molecule has 1 aliphatic rings. The van der Waals surface area contributed by atoms with Gasteiger partial charge in [-0.1, -0.05) is 30.3 Å². The molecular formula is C15H23N3O2. The van der Waals surface area contributed by atoms with Gasteiger partial charge in [0.15, 0.2) is 0 Å². The Morgan fingerprint density at radius 3 is 2.70 bits per heavy atom. The second-order valence-corrected chi connectivity index (χ2v) is 5.26. The zero-order valence-electron chi connectivity index (χ0n) is 11.8. The molecule has 0 aliphatic carbocycles. The van der Waals surface area contributed by atoms with E-state index in [9.17, 15) is 4.79 Å². The largest absolute Gasteiger partial charge is 0.380 e. The maximum absolute atomic E-state index is 11.8. The van der Waals surface area contributed by atoms with E-state index >= 15 is 0 Å². The summed E-state index contributed by atoms with van der Waals surface area (Å²) in [5, 5.41) is 0. The van der Waals surface area contributed by atoms with Crippen molar-refractivity contribution in [1.29, 1.82) is 0 Å². The molecule has 5 heteroatoms. The van der Waals surface area contributed by atoms with Crippen molar-refractivity contribution in [2.45, 2.75) is 18.4 Å². The molecule has 1 fully saturated rings. The first-order valence-corrected chi connectivity index (χ1v) is 7.07. The number of benzene rings is 1. The number of amides is 1. The van der Waals surface area contributed by atoms with Gasteiger partial charge in [0, 0.05) is 26.2 Å². The van der Waals surface area contributed by atoms with E-state index < -0.39 is 11.4 Å².